The standard InChI is InChI=1S/C18H17N.CH2O2/c1-3-15-13(2)19-17-12-8-7-11-16(17)18(15)14-9-5-4-6-10-14;2-1-3/h4-12H,3H2,1-2H3;1H,(H,2,3). The Hall–Kier alpha value is -2.68. The summed E-state index contributed by atoms with van der Waals surface area (Å²) < 4.78 is 0. The molecule has 0 saturated heterocycles. The van der Waals surface area contributed by atoms with Gasteiger partial charge in [0.25, 0.3) is 6.47 Å². The molecule has 0 atom stereocenters. The Balaban J connectivity index is 0.000000545. The first-order valence-electron chi connectivity index (χ1n) is 7.24. The van der Waals surface area contributed by atoms with Crippen molar-refractivity contribution < 1.29 is 9.90 Å². The fraction of sp³-hybridized carbons (Fsp3) is 0.158. The second-order valence-electron chi connectivity index (χ2n) is 4.89. The van der Waals surface area contributed by atoms with Crippen LogP contribution in [0, 0.1) is 6.92 Å². The number of nitrogens with zero attached hydrogens (tertiary/aromatic N) is 1. The van der Waals surface area contributed by atoms with Gasteiger partial charge in [0.15, 0.2) is 0 Å². The molecule has 0 fully saturated rings. The molecule has 1 N–H and O–H groups in total. The van der Waals surface area contributed by atoms with E-state index >= 15 is 0 Å². The summed E-state index contributed by atoms with van der Waals surface area (Å²) >= 11 is 0. The van der Waals surface area contributed by atoms with Crippen LogP contribution in [-0.2, 0) is 11.2 Å². The van der Waals surface area contributed by atoms with Crippen LogP contribution in [0.3, 0.4) is 0 Å². The molecule has 0 unspecified atom stereocenters. The minimum absolute atomic E-state index is 0.250. The summed E-state index contributed by atoms with van der Waals surface area (Å²) in [6, 6.07) is 19.0. The summed E-state index contributed by atoms with van der Waals surface area (Å²) in [6.45, 7) is 4.06. The summed E-state index contributed by atoms with van der Waals surface area (Å²) in [5, 5.41) is 8.14. The van der Waals surface area contributed by atoms with Crippen molar-refractivity contribution in [2.75, 3.05) is 0 Å². The summed E-state index contributed by atoms with van der Waals surface area (Å²) in [6.07, 6.45) is 1.01. The monoisotopic (exact) mass is 293 g/mol. The van der Waals surface area contributed by atoms with E-state index < -0.39 is 0 Å². The Bertz CT molecular complexity index is 767. The molecule has 0 aliphatic heterocycles. The molecule has 22 heavy (non-hydrogen) atoms. The number of carboxylic acid groups (broad SMARTS) is 1. The van der Waals surface area contributed by atoms with Gasteiger partial charge in [-0.2, -0.15) is 0 Å². The van der Waals surface area contributed by atoms with E-state index in [-0.39, 0.29) is 6.47 Å². The third kappa shape index (κ3) is 3.14. The number of hydrogen-bond acceptors (Lipinski definition) is 2. The van der Waals surface area contributed by atoms with Gasteiger partial charge in [-0.1, -0.05) is 55.5 Å². The number of pyridine rings is 1. The minimum atomic E-state index is -0.250. The normalized spacial score (nSPS) is 9.91. The number of rotatable bonds is 2. The topological polar surface area (TPSA) is 50.2 Å². The lowest BCUT2D eigenvalue weighted by atomic mass is 9.93. The lowest BCUT2D eigenvalue weighted by Crippen LogP contribution is -1.97. The first-order chi connectivity index (χ1) is 10.7. The third-order valence-electron chi connectivity index (χ3n) is 3.62. The number of carbonyl (C=O) groups is 1. The number of fused-ring (bicyclic) bond motifs is 1. The van der Waals surface area contributed by atoms with E-state index in [2.05, 4.69) is 68.4 Å². The second-order valence-corrected chi connectivity index (χ2v) is 4.89. The number of hydrogen-bond donors (Lipinski definition) is 1. The molecule has 0 spiro atoms. The Morgan fingerprint density at radius 1 is 1.05 bits per heavy atom. The fourth-order valence-electron chi connectivity index (χ4n) is 2.74. The van der Waals surface area contributed by atoms with Crippen LogP contribution in [0.15, 0.2) is 54.6 Å². The molecule has 3 nitrogen and oxygen atoms in total. The predicted molar refractivity (Wildman–Crippen MR) is 90.0 cm³/mol. The Kier molecular flexibility index (Phi) is 5.26. The smallest absolute Gasteiger partial charge is 0.290 e. The van der Waals surface area contributed by atoms with Crippen LogP contribution in [0.25, 0.3) is 22.0 Å². The van der Waals surface area contributed by atoms with Crippen LogP contribution < -0.4 is 0 Å². The van der Waals surface area contributed by atoms with Crippen LogP contribution in [0.5, 0.6) is 0 Å². The molecule has 1 aromatic heterocycles. The van der Waals surface area contributed by atoms with Crippen LogP contribution in [0.4, 0.5) is 0 Å². The highest BCUT2D eigenvalue weighted by Crippen LogP contribution is 2.32. The Labute approximate surface area is 130 Å². The van der Waals surface area contributed by atoms with Crippen LogP contribution in [-0.4, -0.2) is 16.6 Å². The van der Waals surface area contributed by atoms with Gasteiger partial charge < -0.3 is 5.11 Å². The number of para-hydroxylation sites is 1. The molecule has 0 radical (unpaired) electrons. The van der Waals surface area contributed by atoms with Gasteiger partial charge in [-0.3, -0.25) is 9.78 Å². The molecule has 0 amide bonds. The van der Waals surface area contributed by atoms with Crippen molar-refractivity contribution in [1.82, 2.24) is 4.98 Å². The van der Waals surface area contributed by atoms with Crippen LogP contribution >= 0.6 is 0 Å². The summed E-state index contributed by atoms with van der Waals surface area (Å²) in [7, 11) is 0. The van der Waals surface area contributed by atoms with E-state index in [1.54, 1.807) is 0 Å². The largest absolute Gasteiger partial charge is 0.483 e. The zero-order valence-electron chi connectivity index (χ0n) is 12.8. The maximum atomic E-state index is 8.36. The predicted octanol–water partition coefficient (Wildman–Crippen LogP) is 4.47. The van der Waals surface area contributed by atoms with Gasteiger partial charge in [0.05, 0.1) is 5.52 Å². The molecule has 0 saturated carbocycles. The van der Waals surface area contributed by atoms with Gasteiger partial charge in [0.1, 0.15) is 0 Å². The summed E-state index contributed by atoms with van der Waals surface area (Å²) in [5.41, 5.74) is 6.19. The molecule has 0 aliphatic carbocycles. The van der Waals surface area contributed by atoms with Gasteiger partial charge >= 0.3 is 0 Å². The molecule has 0 aliphatic rings. The van der Waals surface area contributed by atoms with Gasteiger partial charge in [-0.25, -0.2) is 0 Å². The van der Waals surface area contributed by atoms with Crippen molar-refractivity contribution in [3.05, 3.63) is 65.9 Å². The third-order valence-corrected chi connectivity index (χ3v) is 3.62. The maximum absolute atomic E-state index is 8.36. The van der Waals surface area contributed by atoms with Gasteiger partial charge in [0, 0.05) is 11.1 Å². The van der Waals surface area contributed by atoms with Crippen molar-refractivity contribution in [2.24, 2.45) is 0 Å². The molecule has 3 aromatic rings. The number of aromatic nitrogens is 1. The lowest BCUT2D eigenvalue weighted by molar-refractivity contribution is -0.122. The van der Waals surface area contributed by atoms with E-state index in [4.69, 9.17) is 14.9 Å². The highest BCUT2D eigenvalue weighted by molar-refractivity contribution is 5.96. The second kappa shape index (κ2) is 7.36. The first kappa shape index (κ1) is 15.7. The average molecular weight is 293 g/mol. The van der Waals surface area contributed by atoms with E-state index in [9.17, 15) is 0 Å². The highest BCUT2D eigenvalue weighted by Gasteiger charge is 2.12. The highest BCUT2D eigenvalue weighted by atomic mass is 16.3. The van der Waals surface area contributed by atoms with Crippen molar-refractivity contribution in [3.63, 3.8) is 0 Å². The van der Waals surface area contributed by atoms with Crippen molar-refractivity contribution in [1.29, 1.82) is 0 Å². The lowest BCUT2D eigenvalue weighted by Gasteiger charge is -2.14. The summed E-state index contributed by atoms with van der Waals surface area (Å²) in [5.74, 6) is 0. The number of benzene rings is 2. The van der Waals surface area contributed by atoms with Gasteiger partial charge in [-0.15, -0.1) is 0 Å². The minimum Gasteiger partial charge on any atom is -0.483 e. The fourth-order valence-corrected chi connectivity index (χ4v) is 2.74. The molecule has 0 bridgehead atoms. The number of aryl methyl sites for hydroxylation is 1. The quantitative estimate of drug-likeness (QED) is 0.709. The first-order valence-corrected chi connectivity index (χ1v) is 7.24. The molecule has 1 heterocycles. The Morgan fingerprint density at radius 2 is 1.64 bits per heavy atom. The van der Waals surface area contributed by atoms with Crippen LogP contribution in [0.2, 0.25) is 0 Å². The molecular formula is C19H19NO2. The maximum Gasteiger partial charge on any atom is 0.290 e. The Morgan fingerprint density at radius 3 is 2.27 bits per heavy atom. The van der Waals surface area contributed by atoms with Crippen molar-refractivity contribution >= 4 is 17.4 Å². The van der Waals surface area contributed by atoms with Crippen molar-refractivity contribution in [3.8, 4) is 11.1 Å². The van der Waals surface area contributed by atoms with E-state index in [0.29, 0.717) is 0 Å². The van der Waals surface area contributed by atoms with Gasteiger partial charge in [-0.05, 0) is 36.1 Å². The molecule has 3 heteroatoms. The zero-order chi connectivity index (χ0) is 15.9. The van der Waals surface area contributed by atoms with Crippen LogP contribution in [0.1, 0.15) is 18.2 Å². The SMILES string of the molecule is CCc1c(C)nc2ccccc2c1-c1ccccc1.O=CO. The molecule has 112 valence electrons. The van der Waals surface area contributed by atoms with E-state index in [0.717, 1.165) is 17.6 Å². The van der Waals surface area contributed by atoms with Crippen molar-refractivity contribution in [2.45, 2.75) is 20.3 Å². The van der Waals surface area contributed by atoms with Gasteiger partial charge in [0.2, 0.25) is 0 Å². The molecule has 2 aromatic carbocycles. The summed E-state index contributed by atoms with van der Waals surface area (Å²) in [4.78, 5) is 13.1. The van der Waals surface area contributed by atoms with E-state index in [1.165, 1.54) is 22.1 Å². The zero-order valence-corrected chi connectivity index (χ0v) is 12.8. The molecule has 3 rings (SSSR count). The molecular weight excluding hydrogens is 274 g/mol. The van der Waals surface area contributed by atoms with E-state index in [1.807, 2.05) is 0 Å². The average Bonchev–Trinajstić information content (AvgIpc) is 2.55.